The number of carbonyl (C=O) groups is 1. The molecule has 0 spiro atoms. The first-order valence-electron chi connectivity index (χ1n) is 8.97. The van der Waals surface area contributed by atoms with Gasteiger partial charge in [0.2, 0.25) is 5.91 Å². The predicted octanol–water partition coefficient (Wildman–Crippen LogP) is 4.94. The molecule has 0 aliphatic carbocycles. The van der Waals surface area contributed by atoms with Crippen LogP contribution in [0, 0.1) is 13.8 Å². The highest BCUT2D eigenvalue weighted by Crippen LogP contribution is 2.23. The van der Waals surface area contributed by atoms with Crippen LogP contribution in [0.2, 0.25) is 5.02 Å². The van der Waals surface area contributed by atoms with Gasteiger partial charge >= 0.3 is 0 Å². The summed E-state index contributed by atoms with van der Waals surface area (Å²) in [5, 5.41) is 3.26. The molecule has 0 unspecified atom stereocenters. The van der Waals surface area contributed by atoms with Crippen molar-refractivity contribution in [3.63, 3.8) is 0 Å². The molecule has 0 fully saturated rings. The number of anilines is 2. The molecular formula is C22H21ClN2O3S. The highest BCUT2D eigenvalue weighted by Gasteiger charge is 2.15. The summed E-state index contributed by atoms with van der Waals surface area (Å²) >= 11 is 6.05. The van der Waals surface area contributed by atoms with Gasteiger partial charge in [0.05, 0.1) is 17.0 Å². The first kappa shape index (κ1) is 20.9. The van der Waals surface area contributed by atoms with E-state index in [0.717, 1.165) is 16.7 Å². The van der Waals surface area contributed by atoms with Crippen molar-refractivity contribution in [1.29, 1.82) is 0 Å². The minimum atomic E-state index is -3.76. The second-order valence-electron chi connectivity index (χ2n) is 6.80. The third kappa shape index (κ3) is 5.59. The van der Waals surface area contributed by atoms with E-state index in [1.807, 2.05) is 38.1 Å². The van der Waals surface area contributed by atoms with E-state index in [1.165, 1.54) is 12.1 Å². The summed E-state index contributed by atoms with van der Waals surface area (Å²) in [5.74, 6) is -0.170. The molecular weight excluding hydrogens is 408 g/mol. The molecule has 0 atom stereocenters. The van der Waals surface area contributed by atoms with Gasteiger partial charge in [0.25, 0.3) is 10.0 Å². The number of amides is 1. The Balaban J connectivity index is 1.66. The molecule has 5 nitrogen and oxygen atoms in total. The monoisotopic (exact) mass is 428 g/mol. The highest BCUT2D eigenvalue weighted by atomic mass is 35.5. The minimum absolute atomic E-state index is 0.0886. The molecule has 2 N–H and O–H groups in total. The van der Waals surface area contributed by atoms with Crippen LogP contribution in [0.3, 0.4) is 0 Å². The summed E-state index contributed by atoms with van der Waals surface area (Å²) in [6.45, 7) is 3.83. The van der Waals surface area contributed by atoms with Crippen molar-refractivity contribution < 1.29 is 13.2 Å². The zero-order chi connectivity index (χ0) is 21.0. The van der Waals surface area contributed by atoms with Crippen LogP contribution in [0.15, 0.2) is 71.6 Å². The van der Waals surface area contributed by atoms with Crippen LogP contribution in [0.4, 0.5) is 11.4 Å². The number of halogens is 1. The normalized spacial score (nSPS) is 11.1. The van der Waals surface area contributed by atoms with Crippen LogP contribution < -0.4 is 10.0 Å². The molecule has 3 aromatic carbocycles. The van der Waals surface area contributed by atoms with Gasteiger partial charge in [0.1, 0.15) is 0 Å². The average molecular weight is 429 g/mol. The molecule has 0 bridgehead atoms. The average Bonchev–Trinajstić information content (AvgIpc) is 2.67. The van der Waals surface area contributed by atoms with E-state index in [9.17, 15) is 13.2 Å². The topological polar surface area (TPSA) is 75.3 Å². The van der Waals surface area contributed by atoms with Crippen molar-refractivity contribution in [2.45, 2.75) is 25.2 Å². The lowest BCUT2D eigenvalue weighted by atomic mass is 10.1. The molecule has 0 heterocycles. The van der Waals surface area contributed by atoms with E-state index in [2.05, 4.69) is 10.0 Å². The van der Waals surface area contributed by atoms with E-state index in [4.69, 9.17) is 11.6 Å². The fourth-order valence-corrected chi connectivity index (χ4v) is 3.91. The molecule has 3 aromatic rings. The maximum Gasteiger partial charge on any atom is 0.261 e. The summed E-state index contributed by atoms with van der Waals surface area (Å²) in [4.78, 5) is 12.3. The van der Waals surface area contributed by atoms with Crippen molar-refractivity contribution in [3.8, 4) is 0 Å². The Morgan fingerprint density at radius 3 is 2.14 bits per heavy atom. The van der Waals surface area contributed by atoms with Gasteiger partial charge in [-0.1, -0.05) is 47.5 Å². The second kappa shape index (κ2) is 8.68. The number of hydrogen-bond donors (Lipinski definition) is 2. The van der Waals surface area contributed by atoms with E-state index in [-0.39, 0.29) is 17.2 Å². The minimum Gasteiger partial charge on any atom is -0.326 e. The Morgan fingerprint density at radius 1 is 0.897 bits per heavy atom. The lowest BCUT2D eigenvalue weighted by Gasteiger charge is -2.10. The van der Waals surface area contributed by atoms with Crippen LogP contribution in [0.5, 0.6) is 0 Å². The standard InChI is InChI=1S/C22H21ClN2O3S/c1-15-3-6-17(7-4-15)13-22(26)24-18-9-11-20(12-10-18)29(27,28)25-19-8-5-16(2)21(23)14-19/h3-12,14,25H,13H2,1-2H3,(H,24,26). The highest BCUT2D eigenvalue weighted by molar-refractivity contribution is 7.92. The molecule has 0 aliphatic heterocycles. The number of carbonyl (C=O) groups excluding carboxylic acids is 1. The van der Waals surface area contributed by atoms with Crippen molar-refractivity contribution in [1.82, 2.24) is 0 Å². The molecule has 29 heavy (non-hydrogen) atoms. The lowest BCUT2D eigenvalue weighted by molar-refractivity contribution is -0.115. The van der Waals surface area contributed by atoms with Gasteiger partial charge in [0.15, 0.2) is 0 Å². The number of aryl methyl sites for hydroxylation is 2. The Kier molecular flexibility index (Phi) is 6.25. The van der Waals surface area contributed by atoms with Gasteiger partial charge in [-0.05, 0) is 61.4 Å². The van der Waals surface area contributed by atoms with E-state index < -0.39 is 10.0 Å². The van der Waals surface area contributed by atoms with Crippen LogP contribution >= 0.6 is 11.6 Å². The fourth-order valence-electron chi connectivity index (χ4n) is 2.68. The maximum absolute atomic E-state index is 12.6. The van der Waals surface area contributed by atoms with Gasteiger partial charge in [-0.25, -0.2) is 8.42 Å². The van der Waals surface area contributed by atoms with Crippen molar-refractivity contribution >= 4 is 38.9 Å². The predicted molar refractivity (Wildman–Crippen MR) is 117 cm³/mol. The Labute approximate surface area is 175 Å². The molecule has 0 aromatic heterocycles. The molecule has 1 amide bonds. The second-order valence-corrected chi connectivity index (χ2v) is 8.89. The molecule has 0 saturated heterocycles. The smallest absolute Gasteiger partial charge is 0.261 e. The van der Waals surface area contributed by atoms with Crippen LogP contribution in [0.25, 0.3) is 0 Å². The third-order valence-corrected chi connectivity index (χ3v) is 6.16. The summed E-state index contributed by atoms with van der Waals surface area (Å²) in [5.41, 5.74) is 3.82. The molecule has 150 valence electrons. The summed E-state index contributed by atoms with van der Waals surface area (Å²) < 4.78 is 27.6. The number of benzene rings is 3. The first-order valence-corrected chi connectivity index (χ1v) is 10.8. The molecule has 0 radical (unpaired) electrons. The van der Waals surface area contributed by atoms with Gasteiger partial charge in [-0.3, -0.25) is 9.52 Å². The maximum atomic E-state index is 12.6. The Hall–Kier alpha value is -2.83. The zero-order valence-electron chi connectivity index (χ0n) is 16.1. The van der Waals surface area contributed by atoms with E-state index in [1.54, 1.807) is 30.3 Å². The molecule has 7 heteroatoms. The van der Waals surface area contributed by atoms with Gasteiger partial charge in [-0.15, -0.1) is 0 Å². The zero-order valence-corrected chi connectivity index (χ0v) is 17.6. The van der Waals surface area contributed by atoms with Gasteiger partial charge < -0.3 is 5.32 Å². The molecule has 0 saturated carbocycles. The van der Waals surface area contributed by atoms with Crippen molar-refractivity contribution in [2.24, 2.45) is 0 Å². The van der Waals surface area contributed by atoms with Crippen LogP contribution in [-0.2, 0) is 21.2 Å². The Bertz CT molecular complexity index is 1130. The summed E-state index contributed by atoms with van der Waals surface area (Å²) in [6.07, 6.45) is 0.246. The van der Waals surface area contributed by atoms with E-state index >= 15 is 0 Å². The summed E-state index contributed by atoms with van der Waals surface area (Å²) in [6, 6.07) is 18.7. The van der Waals surface area contributed by atoms with Crippen molar-refractivity contribution in [3.05, 3.63) is 88.4 Å². The van der Waals surface area contributed by atoms with Gasteiger partial charge in [0, 0.05) is 10.7 Å². The third-order valence-electron chi connectivity index (χ3n) is 4.36. The van der Waals surface area contributed by atoms with E-state index in [0.29, 0.717) is 16.4 Å². The molecule has 0 aliphatic rings. The Morgan fingerprint density at radius 2 is 1.52 bits per heavy atom. The lowest BCUT2D eigenvalue weighted by Crippen LogP contribution is -2.15. The number of hydrogen-bond acceptors (Lipinski definition) is 3. The first-order chi connectivity index (χ1) is 13.7. The number of nitrogens with one attached hydrogen (secondary N) is 2. The summed E-state index contributed by atoms with van der Waals surface area (Å²) in [7, 11) is -3.76. The number of sulfonamides is 1. The van der Waals surface area contributed by atoms with Crippen molar-refractivity contribution in [2.75, 3.05) is 10.0 Å². The fraction of sp³-hybridized carbons (Fsp3) is 0.136. The van der Waals surface area contributed by atoms with Gasteiger partial charge in [-0.2, -0.15) is 0 Å². The molecule has 3 rings (SSSR count). The largest absolute Gasteiger partial charge is 0.326 e. The number of rotatable bonds is 6. The van der Waals surface area contributed by atoms with Crippen LogP contribution in [-0.4, -0.2) is 14.3 Å². The quantitative estimate of drug-likeness (QED) is 0.584. The van der Waals surface area contributed by atoms with Crippen LogP contribution in [0.1, 0.15) is 16.7 Å². The SMILES string of the molecule is Cc1ccc(CC(=O)Nc2ccc(S(=O)(=O)Nc3ccc(C)c(Cl)c3)cc2)cc1.